The standard InChI is InChI=1S/C19H21FN2O2S.CH4S/c1-3-24-14-5-6-15(16(20)11-14)18(23)17-10-13-9-12(2)22(8-4-7-21)19(13)25-17;1-2/h5-6,9-11H,3-4,7-8,21H2,1-2H3;2H,1H3. The molecule has 3 aromatic rings. The first-order valence-electron chi connectivity index (χ1n) is 8.76. The Morgan fingerprint density at radius 2 is 2.04 bits per heavy atom. The van der Waals surface area contributed by atoms with E-state index in [4.69, 9.17) is 10.5 Å². The number of hydrogen-bond donors (Lipinski definition) is 2. The Labute approximate surface area is 168 Å². The zero-order valence-electron chi connectivity index (χ0n) is 15.8. The van der Waals surface area contributed by atoms with Crippen molar-refractivity contribution in [2.24, 2.45) is 5.73 Å². The second-order valence-electron chi connectivity index (χ2n) is 5.85. The molecule has 7 heteroatoms. The number of halogens is 1. The first-order valence-corrected chi connectivity index (χ1v) is 10.5. The van der Waals surface area contributed by atoms with Gasteiger partial charge in [0, 0.05) is 23.7 Å². The van der Waals surface area contributed by atoms with Crippen LogP contribution in [0, 0.1) is 12.7 Å². The number of aryl methyl sites for hydroxylation is 2. The predicted molar refractivity (Wildman–Crippen MR) is 114 cm³/mol. The van der Waals surface area contributed by atoms with Gasteiger partial charge >= 0.3 is 0 Å². The molecule has 0 radical (unpaired) electrons. The summed E-state index contributed by atoms with van der Waals surface area (Å²) in [6.07, 6.45) is 2.57. The zero-order chi connectivity index (χ0) is 20.0. The van der Waals surface area contributed by atoms with Crippen molar-refractivity contribution in [3.8, 4) is 5.75 Å². The van der Waals surface area contributed by atoms with Crippen LogP contribution < -0.4 is 10.5 Å². The van der Waals surface area contributed by atoms with Gasteiger partial charge in [-0.15, -0.1) is 11.3 Å². The van der Waals surface area contributed by atoms with Crippen LogP contribution in [0.5, 0.6) is 5.75 Å². The maximum absolute atomic E-state index is 14.3. The van der Waals surface area contributed by atoms with E-state index in [9.17, 15) is 9.18 Å². The molecule has 0 aliphatic heterocycles. The number of benzene rings is 1. The van der Waals surface area contributed by atoms with Gasteiger partial charge in [0.05, 0.1) is 17.0 Å². The maximum Gasteiger partial charge on any atom is 0.205 e. The molecule has 0 unspecified atom stereocenters. The fourth-order valence-electron chi connectivity index (χ4n) is 2.88. The summed E-state index contributed by atoms with van der Waals surface area (Å²) >= 11 is 4.92. The number of thiol groups is 1. The number of rotatable bonds is 7. The summed E-state index contributed by atoms with van der Waals surface area (Å²) in [6, 6.07) is 8.26. The second kappa shape index (κ2) is 9.92. The molecule has 0 aliphatic rings. The highest BCUT2D eigenvalue weighted by molar-refractivity contribution is 7.79. The molecule has 1 aromatic carbocycles. The molecule has 0 spiro atoms. The number of nitrogens with two attached hydrogens (primary N) is 1. The predicted octanol–water partition coefficient (Wildman–Crippen LogP) is 4.67. The molecule has 0 aliphatic carbocycles. The van der Waals surface area contributed by atoms with Crippen LogP contribution in [0.15, 0.2) is 30.3 Å². The number of carbonyl (C=O) groups is 1. The lowest BCUT2D eigenvalue weighted by molar-refractivity contribution is 0.103. The summed E-state index contributed by atoms with van der Waals surface area (Å²) in [5.74, 6) is -0.433. The maximum atomic E-state index is 14.3. The lowest BCUT2D eigenvalue weighted by atomic mass is 10.1. The lowest BCUT2D eigenvalue weighted by Gasteiger charge is -2.06. The van der Waals surface area contributed by atoms with Crippen molar-refractivity contribution in [2.75, 3.05) is 19.4 Å². The van der Waals surface area contributed by atoms with E-state index >= 15 is 0 Å². The van der Waals surface area contributed by atoms with Gasteiger partial charge in [-0.05, 0) is 57.3 Å². The summed E-state index contributed by atoms with van der Waals surface area (Å²) in [4.78, 5) is 14.3. The number of aromatic nitrogens is 1. The number of ether oxygens (including phenoxy) is 1. The van der Waals surface area contributed by atoms with Crippen molar-refractivity contribution in [1.29, 1.82) is 0 Å². The van der Waals surface area contributed by atoms with Crippen molar-refractivity contribution >= 4 is 40.0 Å². The Balaban J connectivity index is 0.00000126. The minimum Gasteiger partial charge on any atom is -0.494 e. The van der Waals surface area contributed by atoms with Gasteiger partial charge in [0.2, 0.25) is 5.78 Å². The molecule has 0 fully saturated rings. The Kier molecular flexibility index (Phi) is 7.89. The minimum absolute atomic E-state index is 0.0672. The molecule has 27 heavy (non-hydrogen) atoms. The van der Waals surface area contributed by atoms with Gasteiger partial charge < -0.3 is 15.0 Å². The lowest BCUT2D eigenvalue weighted by Crippen LogP contribution is -2.06. The van der Waals surface area contributed by atoms with Crippen LogP contribution in [-0.4, -0.2) is 29.8 Å². The number of thiophene rings is 1. The van der Waals surface area contributed by atoms with Gasteiger partial charge in [-0.2, -0.15) is 12.6 Å². The zero-order valence-corrected chi connectivity index (χ0v) is 17.5. The van der Waals surface area contributed by atoms with Gasteiger partial charge in [0.1, 0.15) is 16.4 Å². The first-order chi connectivity index (χ1) is 13.0. The third-order valence-electron chi connectivity index (χ3n) is 4.08. The number of ketones is 1. The second-order valence-corrected chi connectivity index (χ2v) is 6.89. The molecule has 0 amide bonds. The summed E-state index contributed by atoms with van der Waals surface area (Å²) in [5.41, 5.74) is 6.81. The quantitative estimate of drug-likeness (QED) is 0.441. The average molecular weight is 409 g/mol. The van der Waals surface area contributed by atoms with E-state index in [-0.39, 0.29) is 11.3 Å². The van der Waals surface area contributed by atoms with Crippen molar-refractivity contribution in [2.45, 2.75) is 26.8 Å². The molecule has 2 aromatic heterocycles. The molecular weight excluding hydrogens is 383 g/mol. The molecular formula is C20H25FN2O2S2. The highest BCUT2D eigenvalue weighted by Crippen LogP contribution is 2.31. The van der Waals surface area contributed by atoms with E-state index in [1.165, 1.54) is 23.5 Å². The van der Waals surface area contributed by atoms with E-state index in [2.05, 4.69) is 17.2 Å². The topological polar surface area (TPSA) is 57.2 Å². The SMILES string of the molecule is CCOc1ccc(C(=O)c2cc3cc(C)n(CCCN)c3s2)c(F)c1.CS. The van der Waals surface area contributed by atoms with Gasteiger partial charge in [0.15, 0.2) is 0 Å². The number of hydrogen-bond acceptors (Lipinski definition) is 5. The van der Waals surface area contributed by atoms with E-state index in [0.717, 1.165) is 28.9 Å². The first kappa shape index (κ1) is 21.5. The van der Waals surface area contributed by atoms with Crippen LogP contribution in [0.4, 0.5) is 4.39 Å². The largest absolute Gasteiger partial charge is 0.494 e. The van der Waals surface area contributed by atoms with Gasteiger partial charge in [-0.3, -0.25) is 4.79 Å². The Morgan fingerprint density at radius 1 is 1.30 bits per heavy atom. The molecule has 2 heterocycles. The summed E-state index contributed by atoms with van der Waals surface area (Å²) in [5, 5.41) is 1.01. The monoisotopic (exact) mass is 408 g/mol. The fraction of sp³-hybridized carbons (Fsp3) is 0.350. The normalized spacial score (nSPS) is 10.6. The fourth-order valence-corrected chi connectivity index (χ4v) is 4.06. The highest BCUT2D eigenvalue weighted by atomic mass is 32.1. The van der Waals surface area contributed by atoms with E-state index < -0.39 is 5.82 Å². The summed E-state index contributed by atoms with van der Waals surface area (Å²) in [7, 11) is 0. The van der Waals surface area contributed by atoms with Crippen LogP contribution in [0.25, 0.3) is 10.2 Å². The van der Waals surface area contributed by atoms with Gasteiger partial charge in [-0.1, -0.05) is 0 Å². The van der Waals surface area contributed by atoms with Crippen molar-refractivity contribution in [1.82, 2.24) is 4.57 Å². The van der Waals surface area contributed by atoms with Crippen molar-refractivity contribution in [3.63, 3.8) is 0 Å². The van der Waals surface area contributed by atoms with Crippen LogP contribution in [-0.2, 0) is 6.54 Å². The van der Waals surface area contributed by atoms with E-state index in [0.29, 0.717) is 23.8 Å². The number of nitrogens with zero attached hydrogens (tertiary/aromatic N) is 1. The molecule has 0 saturated heterocycles. The van der Waals surface area contributed by atoms with Crippen molar-refractivity contribution < 1.29 is 13.9 Å². The number of carbonyl (C=O) groups excluding carboxylic acids is 1. The number of fused-ring (bicyclic) bond motifs is 1. The van der Waals surface area contributed by atoms with Gasteiger partial charge in [-0.25, -0.2) is 4.39 Å². The Bertz CT molecular complexity index is 918. The highest BCUT2D eigenvalue weighted by Gasteiger charge is 2.19. The van der Waals surface area contributed by atoms with Gasteiger partial charge in [0.25, 0.3) is 0 Å². The minimum atomic E-state index is -0.559. The third kappa shape index (κ3) is 4.72. The molecule has 2 N–H and O–H groups in total. The molecule has 0 atom stereocenters. The smallest absolute Gasteiger partial charge is 0.205 e. The molecule has 0 bridgehead atoms. The summed E-state index contributed by atoms with van der Waals surface area (Å²) in [6.45, 7) is 5.76. The van der Waals surface area contributed by atoms with E-state index in [1.807, 2.05) is 26.0 Å². The Morgan fingerprint density at radius 3 is 2.67 bits per heavy atom. The van der Waals surface area contributed by atoms with Crippen LogP contribution in [0.3, 0.4) is 0 Å². The van der Waals surface area contributed by atoms with Crippen LogP contribution in [0.1, 0.15) is 34.3 Å². The molecule has 0 saturated carbocycles. The van der Waals surface area contributed by atoms with E-state index in [1.54, 1.807) is 12.3 Å². The average Bonchev–Trinajstić information content (AvgIpc) is 3.19. The van der Waals surface area contributed by atoms with Crippen LogP contribution >= 0.6 is 24.0 Å². The molecule has 3 rings (SSSR count). The molecule has 146 valence electrons. The molecule has 4 nitrogen and oxygen atoms in total. The Hall–Kier alpha value is -1.83. The van der Waals surface area contributed by atoms with Crippen molar-refractivity contribution in [3.05, 3.63) is 52.3 Å². The third-order valence-corrected chi connectivity index (χ3v) is 5.25. The summed E-state index contributed by atoms with van der Waals surface area (Å²) < 4.78 is 21.7. The van der Waals surface area contributed by atoms with Crippen LogP contribution in [0.2, 0.25) is 0 Å².